The number of aryl methyl sites for hydroxylation is 1. The second-order valence-electron chi connectivity index (χ2n) is 8.05. The van der Waals surface area contributed by atoms with Gasteiger partial charge in [0.05, 0.1) is 6.54 Å². The first-order chi connectivity index (χ1) is 12.6. The monoisotopic (exact) mass is 358 g/mol. The molecule has 0 N–H and O–H groups in total. The van der Waals surface area contributed by atoms with Crippen molar-refractivity contribution in [1.29, 1.82) is 0 Å². The summed E-state index contributed by atoms with van der Waals surface area (Å²) >= 11 is 0. The molecule has 1 aromatic heterocycles. The van der Waals surface area contributed by atoms with E-state index in [-0.39, 0.29) is 5.92 Å². The van der Waals surface area contributed by atoms with E-state index < -0.39 is 11.6 Å². The molecule has 0 unspecified atom stereocenters. The first kappa shape index (κ1) is 16.4. The standard InChI is InChI=1S/C20H24F2N4/c1-24-7-4-23-18(24)12-26-11-17(14-8-15(21)10-16(22)9-14)20-19(26)13-2-5-25(20)6-3-13/h4,7-10,13,17,19-20H,2-3,5-6,11-12H2,1H3/t17-,19-,20-/m1/s1. The van der Waals surface area contributed by atoms with E-state index >= 15 is 0 Å². The first-order valence-electron chi connectivity index (χ1n) is 9.50. The van der Waals surface area contributed by atoms with Gasteiger partial charge >= 0.3 is 0 Å². The maximum atomic E-state index is 13.9. The number of hydrogen-bond donors (Lipinski definition) is 0. The third-order valence-corrected chi connectivity index (χ3v) is 6.67. The van der Waals surface area contributed by atoms with Crippen LogP contribution in [0.5, 0.6) is 0 Å². The Bertz CT molecular complexity index is 792. The van der Waals surface area contributed by atoms with E-state index in [1.165, 1.54) is 25.0 Å². The average molecular weight is 358 g/mol. The van der Waals surface area contributed by atoms with Gasteiger partial charge in [0.15, 0.2) is 0 Å². The molecule has 0 saturated carbocycles. The quantitative estimate of drug-likeness (QED) is 0.843. The van der Waals surface area contributed by atoms with Gasteiger partial charge < -0.3 is 4.57 Å². The van der Waals surface area contributed by atoms with E-state index in [0.717, 1.165) is 43.6 Å². The summed E-state index contributed by atoms with van der Waals surface area (Å²) in [5, 5.41) is 0. The summed E-state index contributed by atoms with van der Waals surface area (Å²) in [6, 6.07) is 4.82. The summed E-state index contributed by atoms with van der Waals surface area (Å²) in [7, 11) is 2.02. The first-order valence-corrected chi connectivity index (χ1v) is 9.50. The van der Waals surface area contributed by atoms with E-state index in [1.807, 2.05) is 19.4 Å². The highest BCUT2D eigenvalue weighted by Gasteiger charge is 2.53. The van der Waals surface area contributed by atoms with Crippen molar-refractivity contribution in [3.63, 3.8) is 0 Å². The number of piperidine rings is 3. The second-order valence-corrected chi connectivity index (χ2v) is 8.05. The van der Waals surface area contributed by atoms with Gasteiger partial charge in [0.2, 0.25) is 0 Å². The largest absolute Gasteiger partial charge is 0.337 e. The summed E-state index contributed by atoms with van der Waals surface area (Å²) in [5.74, 6) is 0.915. The molecule has 2 aromatic rings. The average Bonchev–Trinajstić information content (AvgIpc) is 3.21. The SMILES string of the molecule is Cn1ccnc1CN1C[C@H](c2cc(F)cc(F)c2)[C@@H]2[C@H]1C1CCN2CC1. The van der Waals surface area contributed by atoms with Crippen molar-refractivity contribution in [1.82, 2.24) is 19.4 Å². The molecule has 5 heterocycles. The lowest BCUT2D eigenvalue weighted by Gasteiger charge is -2.51. The fraction of sp³-hybridized carbons (Fsp3) is 0.550. The summed E-state index contributed by atoms with van der Waals surface area (Å²) in [6.07, 6.45) is 6.25. The van der Waals surface area contributed by atoms with Crippen molar-refractivity contribution in [3.05, 3.63) is 53.6 Å². The number of hydrogen-bond acceptors (Lipinski definition) is 3. The highest BCUT2D eigenvalue weighted by atomic mass is 19.1. The molecule has 4 fully saturated rings. The van der Waals surface area contributed by atoms with Crippen molar-refractivity contribution in [2.45, 2.75) is 37.4 Å². The summed E-state index contributed by atoms with van der Waals surface area (Å²) < 4.78 is 29.8. The summed E-state index contributed by atoms with van der Waals surface area (Å²) in [6.45, 7) is 3.84. The zero-order valence-electron chi connectivity index (χ0n) is 15.0. The van der Waals surface area contributed by atoms with Gasteiger partial charge in [-0.3, -0.25) is 9.80 Å². The zero-order valence-corrected chi connectivity index (χ0v) is 15.0. The number of rotatable bonds is 3. The van der Waals surface area contributed by atoms with Crippen LogP contribution in [0, 0.1) is 17.6 Å². The number of benzene rings is 1. The van der Waals surface area contributed by atoms with Crippen LogP contribution in [0.25, 0.3) is 0 Å². The van der Waals surface area contributed by atoms with Gasteiger partial charge in [0.1, 0.15) is 17.5 Å². The summed E-state index contributed by atoms with van der Waals surface area (Å²) in [4.78, 5) is 9.56. The zero-order chi connectivity index (χ0) is 17.8. The van der Waals surface area contributed by atoms with Crippen LogP contribution in [0.2, 0.25) is 0 Å². The topological polar surface area (TPSA) is 24.3 Å². The Morgan fingerprint density at radius 1 is 1.08 bits per heavy atom. The molecule has 0 spiro atoms. The van der Waals surface area contributed by atoms with Crippen LogP contribution in [0.15, 0.2) is 30.6 Å². The van der Waals surface area contributed by atoms with Crippen LogP contribution < -0.4 is 0 Å². The van der Waals surface area contributed by atoms with Crippen LogP contribution in [-0.4, -0.2) is 51.1 Å². The summed E-state index contributed by atoms with van der Waals surface area (Å²) in [5.41, 5.74) is 0.799. The number of likely N-dealkylation sites (tertiary alicyclic amines) is 1. The number of fused-ring (bicyclic) bond motifs is 2. The van der Waals surface area contributed by atoms with E-state index in [4.69, 9.17) is 0 Å². The predicted molar refractivity (Wildman–Crippen MR) is 94.6 cm³/mol. The van der Waals surface area contributed by atoms with Crippen LogP contribution in [0.3, 0.4) is 0 Å². The van der Waals surface area contributed by atoms with Gasteiger partial charge in [-0.15, -0.1) is 0 Å². The van der Waals surface area contributed by atoms with Gasteiger partial charge in [0, 0.05) is 50.1 Å². The number of halogens is 2. The second kappa shape index (κ2) is 6.13. The molecule has 6 rings (SSSR count). The lowest BCUT2D eigenvalue weighted by atomic mass is 9.75. The van der Waals surface area contributed by atoms with Crippen LogP contribution in [-0.2, 0) is 13.6 Å². The molecule has 0 aliphatic carbocycles. The van der Waals surface area contributed by atoms with Gasteiger partial charge in [-0.1, -0.05) is 0 Å². The third-order valence-electron chi connectivity index (χ3n) is 6.67. The molecule has 1 aromatic carbocycles. The molecule has 4 saturated heterocycles. The number of aromatic nitrogens is 2. The van der Waals surface area contributed by atoms with Crippen molar-refractivity contribution in [2.75, 3.05) is 19.6 Å². The Morgan fingerprint density at radius 2 is 1.81 bits per heavy atom. The van der Waals surface area contributed by atoms with Gasteiger partial charge in [-0.25, -0.2) is 13.8 Å². The highest BCUT2D eigenvalue weighted by molar-refractivity contribution is 5.28. The molecule has 6 heteroatoms. The molecule has 0 radical (unpaired) electrons. The minimum atomic E-state index is -0.477. The Labute approximate surface area is 152 Å². The fourth-order valence-electron chi connectivity index (χ4n) is 5.54. The molecular weight excluding hydrogens is 334 g/mol. The van der Waals surface area contributed by atoms with Gasteiger partial charge in [-0.05, 0) is 49.5 Å². The fourth-order valence-corrected chi connectivity index (χ4v) is 5.54. The molecule has 2 bridgehead atoms. The molecule has 138 valence electrons. The Morgan fingerprint density at radius 3 is 2.46 bits per heavy atom. The van der Waals surface area contributed by atoms with E-state index in [9.17, 15) is 8.78 Å². The number of imidazole rings is 1. The van der Waals surface area contributed by atoms with Gasteiger partial charge in [0.25, 0.3) is 0 Å². The van der Waals surface area contributed by atoms with Crippen LogP contribution >= 0.6 is 0 Å². The molecule has 3 atom stereocenters. The molecule has 0 amide bonds. The number of nitrogens with zero attached hydrogens (tertiary/aromatic N) is 4. The van der Waals surface area contributed by atoms with Crippen molar-refractivity contribution in [2.24, 2.45) is 13.0 Å². The van der Waals surface area contributed by atoms with Crippen LogP contribution in [0.4, 0.5) is 8.78 Å². The van der Waals surface area contributed by atoms with Crippen molar-refractivity contribution >= 4 is 0 Å². The van der Waals surface area contributed by atoms with E-state index in [2.05, 4.69) is 19.4 Å². The minimum Gasteiger partial charge on any atom is -0.337 e. The van der Waals surface area contributed by atoms with E-state index in [0.29, 0.717) is 18.0 Å². The lowest BCUT2D eigenvalue weighted by molar-refractivity contribution is -0.00949. The Balaban J connectivity index is 1.51. The molecule has 4 aliphatic rings. The van der Waals surface area contributed by atoms with Crippen molar-refractivity contribution < 1.29 is 8.78 Å². The normalized spacial score (nSPS) is 33.6. The Kier molecular flexibility index (Phi) is 3.87. The highest BCUT2D eigenvalue weighted by Crippen LogP contribution is 2.47. The maximum Gasteiger partial charge on any atom is 0.126 e. The third kappa shape index (κ3) is 2.58. The maximum absolute atomic E-state index is 13.9. The molecular formula is C20H24F2N4. The molecule has 4 nitrogen and oxygen atoms in total. The van der Waals surface area contributed by atoms with Gasteiger partial charge in [-0.2, -0.15) is 0 Å². The van der Waals surface area contributed by atoms with E-state index in [1.54, 1.807) is 0 Å². The van der Waals surface area contributed by atoms with Crippen LogP contribution in [0.1, 0.15) is 30.1 Å². The predicted octanol–water partition coefficient (Wildman–Crippen LogP) is 2.76. The molecule has 26 heavy (non-hydrogen) atoms. The minimum absolute atomic E-state index is 0.147. The molecule has 4 aliphatic heterocycles. The lowest BCUT2D eigenvalue weighted by Crippen LogP contribution is -2.60. The van der Waals surface area contributed by atoms with Crippen molar-refractivity contribution in [3.8, 4) is 0 Å². The smallest absolute Gasteiger partial charge is 0.126 e. The Hall–Kier alpha value is -1.79.